The van der Waals surface area contributed by atoms with Crippen molar-refractivity contribution in [1.82, 2.24) is 0 Å². The van der Waals surface area contributed by atoms with Crippen LogP contribution in [0.15, 0.2) is 0 Å². The Bertz CT molecular complexity index is 138. The zero-order chi connectivity index (χ0) is 9.98. The van der Waals surface area contributed by atoms with Crippen molar-refractivity contribution in [2.24, 2.45) is 5.73 Å². The molecule has 0 bridgehead atoms. The molecule has 12 heavy (non-hydrogen) atoms. The molecule has 0 saturated carbocycles. The van der Waals surface area contributed by atoms with Crippen LogP contribution in [0.4, 0.5) is 4.79 Å². The molecule has 0 spiro atoms. The Hall–Kier alpha value is -0.540. The molecule has 0 aliphatic rings. The molecule has 5 nitrogen and oxygen atoms in total. The second-order valence-electron chi connectivity index (χ2n) is 1.88. The van der Waals surface area contributed by atoms with Gasteiger partial charge in [-0.3, -0.25) is 0 Å². The number of unbranched alkanes of at least 4 members (excludes halogenated alkanes) is 1. The van der Waals surface area contributed by atoms with Crippen LogP contribution in [-0.4, -0.2) is 13.2 Å². The molecule has 74 valence electrons. The first kappa shape index (κ1) is 14.0. The molecule has 0 aliphatic carbocycles. The van der Waals surface area contributed by atoms with E-state index in [9.17, 15) is 9.36 Å². The van der Waals surface area contributed by atoms with E-state index in [0.29, 0.717) is 0 Å². The quantitative estimate of drug-likeness (QED) is 0.701. The Labute approximate surface area is 73.2 Å². The Morgan fingerprint density at radius 1 is 1.42 bits per heavy atom. The van der Waals surface area contributed by atoms with Crippen LogP contribution in [0.1, 0.15) is 26.7 Å². The van der Waals surface area contributed by atoms with Crippen LogP contribution in [0, 0.1) is 0 Å². The monoisotopic (exact) mass is 197 g/mol. The highest BCUT2D eigenvalue weighted by molar-refractivity contribution is 7.33. The van der Waals surface area contributed by atoms with Gasteiger partial charge in [-0.15, -0.1) is 0 Å². The smallest absolute Gasteiger partial charge is 0.377 e. The van der Waals surface area contributed by atoms with Gasteiger partial charge in [0.15, 0.2) is 0 Å². The summed E-state index contributed by atoms with van der Waals surface area (Å²) in [4.78, 5) is 9.71. The molecule has 1 unspecified atom stereocenters. The second kappa shape index (κ2) is 10.5. The first-order valence-electron chi connectivity index (χ1n) is 3.63. The predicted molar refractivity (Wildman–Crippen MR) is 47.3 cm³/mol. The number of hydrogen-bond donors (Lipinski definition) is 1. The summed E-state index contributed by atoms with van der Waals surface area (Å²) in [5.41, 5.74) is 4.45. The van der Waals surface area contributed by atoms with E-state index in [1.807, 2.05) is 0 Å². The lowest BCUT2D eigenvalue weighted by atomic mass is 10.4. The van der Waals surface area contributed by atoms with Gasteiger partial charge in [0, 0.05) is 7.11 Å². The van der Waals surface area contributed by atoms with Gasteiger partial charge < -0.3 is 14.8 Å². The van der Waals surface area contributed by atoms with Crippen molar-refractivity contribution < 1.29 is 18.4 Å². The number of rotatable bonds is 3. The molecule has 2 N–H and O–H groups in total. The fraction of sp³-hybridized carbons (Fsp3) is 0.833. The highest BCUT2D eigenvalue weighted by atomic mass is 31.1. The van der Waals surface area contributed by atoms with E-state index in [1.54, 1.807) is 0 Å². The van der Waals surface area contributed by atoms with Crippen molar-refractivity contribution in [3.63, 3.8) is 0 Å². The molecule has 6 heteroatoms. The van der Waals surface area contributed by atoms with Crippen molar-refractivity contribution in [2.75, 3.05) is 7.11 Å². The largest absolute Gasteiger partial charge is 0.410 e. The van der Waals surface area contributed by atoms with Crippen molar-refractivity contribution in [3.8, 4) is 0 Å². The average Bonchev–Trinajstić information content (AvgIpc) is 2.04. The molecule has 1 atom stereocenters. The van der Waals surface area contributed by atoms with Crippen molar-refractivity contribution >= 4 is 14.3 Å². The topological polar surface area (TPSA) is 78.6 Å². The minimum Gasteiger partial charge on any atom is -0.377 e. The summed E-state index contributed by atoms with van der Waals surface area (Å²) < 4.78 is 18.0. The summed E-state index contributed by atoms with van der Waals surface area (Å²) in [6, 6.07) is 0. The van der Waals surface area contributed by atoms with Crippen LogP contribution >= 0.6 is 8.25 Å². The normalized spacial score (nSPS) is 10.9. The average molecular weight is 197 g/mol. The number of carbonyl (C=O) groups excluding carboxylic acids is 1. The van der Waals surface area contributed by atoms with Gasteiger partial charge in [-0.05, 0) is 0 Å². The molecule has 0 saturated heterocycles. The number of nitrogens with two attached hydrogens (primary N) is 1. The third kappa shape index (κ3) is 16.2. The predicted octanol–water partition coefficient (Wildman–Crippen LogP) is 1.92. The number of hydrogen-bond acceptors (Lipinski definition) is 4. The van der Waals surface area contributed by atoms with Crippen LogP contribution in [0.3, 0.4) is 0 Å². The summed E-state index contributed by atoms with van der Waals surface area (Å²) >= 11 is 0. The van der Waals surface area contributed by atoms with E-state index in [1.165, 1.54) is 12.8 Å². The van der Waals surface area contributed by atoms with E-state index in [4.69, 9.17) is 0 Å². The van der Waals surface area contributed by atoms with Crippen molar-refractivity contribution in [1.29, 1.82) is 0 Å². The molecule has 0 aromatic carbocycles. The molecule has 0 fully saturated rings. The third-order valence-electron chi connectivity index (χ3n) is 0.851. The van der Waals surface area contributed by atoms with E-state index in [-0.39, 0.29) is 0 Å². The maximum absolute atomic E-state index is 10.1. The number of amides is 1. The Balaban J connectivity index is 0. The molecule has 0 rings (SSSR count). The number of carbonyl (C=O) groups is 1. The molecular weight excluding hydrogens is 181 g/mol. The standard InChI is InChI=1S/C4H10.C2H6NO4P/c1-3-4-2;1-6-8(5)7-2(3)4/h3-4H2,1-2H3;8H,1H3,(H2,3,4). The van der Waals surface area contributed by atoms with Crippen LogP contribution in [0.5, 0.6) is 0 Å². The SMILES string of the molecule is CCCC.CO[PH](=O)OC(N)=O. The lowest BCUT2D eigenvalue weighted by Gasteiger charge is -1.94. The Kier molecular flexibility index (Phi) is 12.2. The van der Waals surface area contributed by atoms with Gasteiger partial charge in [0.25, 0.3) is 0 Å². The van der Waals surface area contributed by atoms with Crippen molar-refractivity contribution in [2.45, 2.75) is 26.7 Å². The zero-order valence-corrected chi connectivity index (χ0v) is 8.62. The van der Waals surface area contributed by atoms with Gasteiger partial charge in [0.05, 0.1) is 0 Å². The van der Waals surface area contributed by atoms with Crippen LogP contribution in [0.25, 0.3) is 0 Å². The van der Waals surface area contributed by atoms with E-state index in [2.05, 4.69) is 28.6 Å². The first-order valence-corrected chi connectivity index (χ1v) is 4.86. The minimum atomic E-state index is -2.65. The summed E-state index contributed by atoms with van der Waals surface area (Å²) in [6.45, 7) is 4.36. The Morgan fingerprint density at radius 2 is 1.83 bits per heavy atom. The summed E-state index contributed by atoms with van der Waals surface area (Å²) in [7, 11) is -1.50. The molecular formula is C6H16NO4P. The van der Waals surface area contributed by atoms with Crippen LogP contribution < -0.4 is 5.73 Å². The minimum absolute atomic E-state index is 1.09. The first-order chi connectivity index (χ1) is 5.58. The van der Waals surface area contributed by atoms with Gasteiger partial charge in [0.1, 0.15) is 0 Å². The molecule has 0 radical (unpaired) electrons. The maximum atomic E-state index is 10.1. The maximum Gasteiger partial charge on any atom is 0.410 e. The van der Waals surface area contributed by atoms with Gasteiger partial charge in [-0.25, -0.2) is 9.36 Å². The van der Waals surface area contributed by atoms with E-state index < -0.39 is 14.3 Å². The summed E-state index contributed by atoms with van der Waals surface area (Å²) in [5, 5.41) is 0. The lowest BCUT2D eigenvalue weighted by molar-refractivity contribution is 0.204. The molecule has 0 aromatic heterocycles. The second-order valence-corrected chi connectivity index (χ2v) is 2.99. The third-order valence-corrected chi connectivity index (χ3v) is 1.55. The van der Waals surface area contributed by atoms with E-state index >= 15 is 0 Å². The zero-order valence-electron chi connectivity index (χ0n) is 7.62. The highest BCUT2D eigenvalue weighted by Gasteiger charge is 1.98. The lowest BCUT2D eigenvalue weighted by Crippen LogP contribution is -2.08. The molecule has 0 heterocycles. The van der Waals surface area contributed by atoms with Crippen molar-refractivity contribution in [3.05, 3.63) is 0 Å². The number of primary amides is 1. The van der Waals surface area contributed by atoms with E-state index in [0.717, 1.165) is 7.11 Å². The summed E-state index contributed by atoms with van der Waals surface area (Å²) in [6.07, 6.45) is 1.55. The fourth-order valence-corrected chi connectivity index (χ4v) is 0.371. The molecule has 0 aromatic rings. The summed E-state index contributed by atoms with van der Waals surface area (Å²) in [5.74, 6) is 0. The van der Waals surface area contributed by atoms with Gasteiger partial charge in [0.2, 0.25) is 0 Å². The van der Waals surface area contributed by atoms with Gasteiger partial charge in [-0.2, -0.15) is 0 Å². The highest BCUT2D eigenvalue weighted by Crippen LogP contribution is 2.20. The van der Waals surface area contributed by atoms with Gasteiger partial charge in [-0.1, -0.05) is 26.7 Å². The van der Waals surface area contributed by atoms with Gasteiger partial charge >= 0.3 is 14.3 Å². The molecule has 1 amide bonds. The van der Waals surface area contributed by atoms with Crippen LogP contribution in [-0.2, 0) is 13.6 Å². The van der Waals surface area contributed by atoms with Crippen LogP contribution in [0.2, 0.25) is 0 Å². The Morgan fingerprint density at radius 3 is 1.92 bits per heavy atom. The molecule has 0 aliphatic heterocycles. The fourth-order valence-electron chi connectivity index (χ4n) is 0.124.